The predicted molar refractivity (Wildman–Crippen MR) is 102 cm³/mol. The van der Waals surface area contributed by atoms with E-state index in [4.69, 9.17) is 4.74 Å². The highest BCUT2D eigenvalue weighted by Crippen LogP contribution is 2.43. The normalized spacial score (nSPS) is 24.5. The Labute approximate surface area is 156 Å². The number of aliphatic imine (C=N–C) groups is 1. The van der Waals surface area contributed by atoms with Crippen LogP contribution in [0.15, 0.2) is 16.1 Å². The molecular weight excluding hydrogens is 330 g/mol. The zero-order chi connectivity index (χ0) is 19.3. The van der Waals surface area contributed by atoms with Crippen LogP contribution in [0.5, 0.6) is 0 Å². The molecule has 146 valence electrons. The molecular formula is C21H33NO4. The lowest BCUT2D eigenvalue weighted by atomic mass is 9.70. The molecule has 2 unspecified atom stereocenters. The lowest BCUT2D eigenvalue weighted by Crippen LogP contribution is -2.37. The van der Waals surface area contributed by atoms with Gasteiger partial charge in [-0.2, -0.15) is 0 Å². The largest absolute Gasteiger partial charge is 0.480 e. The fourth-order valence-corrected chi connectivity index (χ4v) is 4.62. The van der Waals surface area contributed by atoms with Gasteiger partial charge in [-0.15, -0.1) is 0 Å². The molecule has 2 aliphatic rings. The van der Waals surface area contributed by atoms with Gasteiger partial charge in [0.15, 0.2) is 5.92 Å². The first-order valence-corrected chi connectivity index (χ1v) is 9.82. The summed E-state index contributed by atoms with van der Waals surface area (Å²) in [7, 11) is 1.24. The Morgan fingerprint density at radius 1 is 1.31 bits per heavy atom. The summed E-state index contributed by atoms with van der Waals surface area (Å²) in [5.74, 6) is -3.10. The number of esters is 1. The van der Waals surface area contributed by atoms with Crippen LogP contribution in [0.4, 0.5) is 0 Å². The number of ether oxygens (including phenoxy) is 1. The standard InChI is InChI=1S/C21H33NO4/c1-14-8-7-12-21(2,3)16(14)11-10-15-9-5-6-13-22-18(15)17(19(23)24)20(25)26-4/h15,17H,5-13H2,1-4H3,(H,23,24). The Kier molecular flexibility index (Phi) is 7.01. The monoisotopic (exact) mass is 363 g/mol. The van der Waals surface area contributed by atoms with Crippen molar-refractivity contribution in [1.82, 2.24) is 0 Å². The Bertz CT molecular complexity index is 603. The lowest BCUT2D eigenvalue weighted by Gasteiger charge is -2.35. The molecule has 5 nitrogen and oxygen atoms in total. The average molecular weight is 363 g/mol. The van der Waals surface area contributed by atoms with Gasteiger partial charge in [0.2, 0.25) is 0 Å². The van der Waals surface area contributed by atoms with Crippen LogP contribution in [-0.2, 0) is 14.3 Å². The van der Waals surface area contributed by atoms with E-state index in [9.17, 15) is 14.7 Å². The third kappa shape index (κ3) is 4.74. The third-order valence-electron chi connectivity index (χ3n) is 6.08. The van der Waals surface area contributed by atoms with Crippen LogP contribution in [-0.4, -0.2) is 36.4 Å². The number of carbonyl (C=O) groups is 2. The van der Waals surface area contributed by atoms with Crippen LogP contribution in [0.2, 0.25) is 0 Å². The van der Waals surface area contributed by atoms with Crippen molar-refractivity contribution < 1.29 is 19.4 Å². The number of carboxylic acids is 1. The second-order valence-corrected chi connectivity index (χ2v) is 8.33. The maximum Gasteiger partial charge on any atom is 0.325 e. The van der Waals surface area contributed by atoms with E-state index in [1.807, 2.05) is 0 Å². The molecule has 1 aliphatic heterocycles. The molecule has 0 aromatic rings. The number of carboxylic acid groups (broad SMARTS) is 1. The number of aliphatic carboxylic acids is 1. The molecule has 2 atom stereocenters. The summed E-state index contributed by atoms with van der Waals surface area (Å²) in [6, 6.07) is 0. The van der Waals surface area contributed by atoms with Crippen molar-refractivity contribution in [3.8, 4) is 0 Å². The molecule has 5 heteroatoms. The van der Waals surface area contributed by atoms with Crippen molar-refractivity contribution >= 4 is 17.7 Å². The minimum absolute atomic E-state index is 0.0377. The van der Waals surface area contributed by atoms with Gasteiger partial charge in [-0.25, -0.2) is 0 Å². The first-order chi connectivity index (χ1) is 12.3. The minimum atomic E-state index is -1.27. The van der Waals surface area contributed by atoms with E-state index in [-0.39, 0.29) is 11.3 Å². The summed E-state index contributed by atoms with van der Waals surface area (Å²) in [6.45, 7) is 7.44. The second-order valence-electron chi connectivity index (χ2n) is 8.33. The molecule has 0 saturated heterocycles. The van der Waals surface area contributed by atoms with Gasteiger partial charge < -0.3 is 9.84 Å². The van der Waals surface area contributed by atoms with Crippen LogP contribution in [0, 0.1) is 17.3 Å². The Hall–Kier alpha value is -1.65. The lowest BCUT2D eigenvalue weighted by molar-refractivity contribution is -0.153. The molecule has 2 rings (SSSR count). The van der Waals surface area contributed by atoms with Gasteiger partial charge in [0.25, 0.3) is 0 Å². The Morgan fingerprint density at radius 2 is 2.04 bits per heavy atom. The first kappa shape index (κ1) is 20.7. The maximum absolute atomic E-state index is 12.1. The second kappa shape index (κ2) is 8.83. The number of hydrogen-bond donors (Lipinski definition) is 1. The van der Waals surface area contributed by atoms with Gasteiger partial charge in [0, 0.05) is 12.3 Å². The summed E-state index contributed by atoms with van der Waals surface area (Å²) in [6.07, 6.45) is 8.27. The van der Waals surface area contributed by atoms with E-state index < -0.39 is 17.9 Å². The Morgan fingerprint density at radius 3 is 2.65 bits per heavy atom. The van der Waals surface area contributed by atoms with Crippen molar-refractivity contribution in [2.75, 3.05) is 13.7 Å². The molecule has 0 saturated carbocycles. The average Bonchev–Trinajstić information content (AvgIpc) is 2.79. The van der Waals surface area contributed by atoms with E-state index in [1.54, 1.807) is 0 Å². The third-order valence-corrected chi connectivity index (χ3v) is 6.08. The molecule has 0 bridgehead atoms. The summed E-state index contributed by atoms with van der Waals surface area (Å²) in [5, 5.41) is 9.59. The van der Waals surface area contributed by atoms with Crippen LogP contribution in [0.25, 0.3) is 0 Å². The number of carbonyl (C=O) groups excluding carboxylic acids is 1. The number of rotatable bonds is 6. The van der Waals surface area contributed by atoms with E-state index in [1.165, 1.54) is 31.1 Å². The molecule has 1 heterocycles. The number of methoxy groups -OCH3 is 1. The van der Waals surface area contributed by atoms with E-state index in [0.29, 0.717) is 12.3 Å². The molecule has 1 N–H and O–H groups in total. The van der Waals surface area contributed by atoms with Crippen molar-refractivity contribution in [2.24, 2.45) is 22.2 Å². The highest BCUT2D eigenvalue weighted by Gasteiger charge is 2.38. The van der Waals surface area contributed by atoms with E-state index >= 15 is 0 Å². The molecule has 0 radical (unpaired) electrons. The molecule has 0 spiro atoms. The van der Waals surface area contributed by atoms with Gasteiger partial charge in [-0.3, -0.25) is 14.6 Å². The predicted octanol–water partition coefficient (Wildman–Crippen LogP) is 4.41. The number of allylic oxidation sites excluding steroid dienone is 2. The summed E-state index contributed by atoms with van der Waals surface area (Å²) in [5.41, 5.74) is 3.72. The fraction of sp³-hybridized carbons (Fsp3) is 0.762. The molecule has 0 fully saturated rings. The maximum atomic E-state index is 12.1. The smallest absolute Gasteiger partial charge is 0.325 e. The topological polar surface area (TPSA) is 76.0 Å². The zero-order valence-electron chi connectivity index (χ0n) is 16.6. The molecule has 0 aromatic carbocycles. The van der Waals surface area contributed by atoms with Crippen LogP contribution in [0.1, 0.15) is 72.1 Å². The summed E-state index contributed by atoms with van der Waals surface area (Å²) in [4.78, 5) is 28.3. The van der Waals surface area contributed by atoms with Crippen LogP contribution < -0.4 is 0 Å². The SMILES string of the molecule is COC(=O)C(C(=O)O)C1=NCCCCC1CCC1=C(C)CCCC1(C)C. The van der Waals surface area contributed by atoms with Crippen molar-refractivity contribution in [2.45, 2.75) is 72.1 Å². The molecule has 0 aromatic heterocycles. The first-order valence-electron chi connectivity index (χ1n) is 9.82. The van der Waals surface area contributed by atoms with Crippen molar-refractivity contribution in [3.63, 3.8) is 0 Å². The molecule has 1 aliphatic carbocycles. The van der Waals surface area contributed by atoms with Crippen molar-refractivity contribution in [1.29, 1.82) is 0 Å². The number of hydrogen-bond acceptors (Lipinski definition) is 4. The highest BCUT2D eigenvalue weighted by atomic mass is 16.5. The number of nitrogens with zero attached hydrogens (tertiary/aromatic N) is 1. The van der Waals surface area contributed by atoms with E-state index in [0.717, 1.165) is 38.5 Å². The van der Waals surface area contributed by atoms with Gasteiger partial charge in [-0.05, 0) is 63.2 Å². The minimum Gasteiger partial charge on any atom is -0.480 e. The van der Waals surface area contributed by atoms with Gasteiger partial charge in [-0.1, -0.05) is 31.4 Å². The molecule has 26 heavy (non-hydrogen) atoms. The van der Waals surface area contributed by atoms with Crippen molar-refractivity contribution in [3.05, 3.63) is 11.1 Å². The van der Waals surface area contributed by atoms with Gasteiger partial charge in [0.05, 0.1) is 7.11 Å². The van der Waals surface area contributed by atoms with Crippen LogP contribution >= 0.6 is 0 Å². The Balaban J connectivity index is 2.22. The molecule has 0 amide bonds. The van der Waals surface area contributed by atoms with E-state index in [2.05, 4.69) is 25.8 Å². The zero-order valence-corrected chi connectivity index (χ0v) is 16.6. The summed E-state index contributed by atoms with van der Waals surface area (Å²) < 4.78 is 4.75. The summed E-state index contributed by atoms with van der Waals surface area (Å²) >= 11 is 0. The van der Waals surface area contributed by atoms with Crippen LogP contribution in [0.3, 0.4) is 0 Å². The quantitative estimate of drug-likeness (QED) is 0.431. The highest BCUT2D eigenvalue weighted by molar-refractivity contribution is 6.17. The fourth-order valence-electron chi connectivity index (χ4n) is 4.62. The van der Waals surface area contributed by atoms with Gasteiger partial charge in [0.1, 0.15) is 0 Å². The van der Waals surface area contributed by atoms with Gasteiger partial charge >= 0.3 is 11.9 Å².